The number of alkyl halides is 3. The summed E-state index contributed by atoms with van der Waals surface area (Å²) in [6.45, 7) is 1.19. The molecule has 2 aliphatic rings. The molecule has 0 bridgehead atoms. The summed E-state index contributed by atoms with van der Waals surface area (Å²) in [6, 6.07) is 5.11. The molecular weight excluding hydrogens is 271 g/mol. The number of nitrogens with zero attached hydrogens (tertiary/aromatic N) is 1. The molecule has 0 saturated carbocycles. The van der Waals surface area contributed by atoms with Crippen LogP contribution in [0.1, 0.15) is 17.3 Å². The maximum Gasteiger partial charge on any atom is 0.416 e. The van der Waals surface area contributed by atoms with Gasteiger partial charge < -0.3 is 15.4 Å². The van der Waals surface area contributed by atoms with E-state index in [9.17, 15) is 13.2 Å². The highest BCUT2D eigenvalue weighted by Crippen LogP contribution is 2.31. The summed E-state index contributed by atoms with van der Waals surface area (Å²) in [7, 11) is 0. The minimum atomic E-state index is -4.36. The number of hydrogen-bond acceptors (Lipinski definition) is 4. The summed E-state index contributed by atoms with van der Waals surface area (Å²) in [5, 5.41) is 6.07. The second-order valence-corrected chi connectivity index (χ2v) is 4.47. The lowest BCUT2D eigenvalue weighted by molar-refractivity contribution is -0.137. The molecule has 3 rings (SSSR count). The summed E-state index contributed by atoms with van der Waals surface area (Å²) < 4.78 is 43.5. The standard InChI is InChI=1S/C13H12F3N3O/c14-13(15,16)9-3-1-2-8(6-9)11-18-7-10-12(19-11)20-5-4-17-10/h1-3,6-7,11,17,19H,4-5H2. The Kier molecular flexibility index (Phi) is 3.04. The van der Waals surface area contributed by atoms with Crippen molar-refractivity contribution in [2.75, 3.05) is 13.2 Å². The van der Waals surface area contributed by atoms with Crippen molar-refractivity contribution >= 4 is 6.21 Å². The number of halogens is 3. The van der Waals surface area contributed by atoms with Gasteiger partial charge in [0.05, 0.1) is 11.8 Å². The van der Waals surface area contributed by atoms with Gasteiger partial charge in [-0.3, -0.25) is 4.99 Å². The van der Waals surface area contributed by atoms with Crippen molar-refractivity contribution in [2.24, 2.45) is 4.99 Å². The molecule has 106 valence electrons. The topological polar surface area (TPSA) is 45.7 Å². The number of hydrogen-bond donors (Lipinski definition) is 2. The molecule has 2 aliphatic heterocycles. The first-order valence-electron chi connectivity index (χ1n) is 6.12. The van der Waals surface area contributed by atoms with E-state index in [-0.39, 0.29) is 0 Å². The lowest BCUT2D eigenvalue weighted by atomic mass is 10.1. The molecule has 20 heavy (non-hydrogen) atoms. The van der Waals surface area contributed by atoms with E-state index >= 15 is 0 Å². The minimum Gasteiger partial charge on any atom is -0.476 e. The van der Waals surface area contributed by atoms with Gasteiger partial charge in [0, 0.05) is 6.54 Å². The van der Waals surface area contributed by atoms with E-state index in [1.165, 1.54) is 6.07 Å². The summed E-state index contributed by atoms with van der Waals surface area (Å²) in [4.78, 5) is 4.20. The van der Waals surface area contributed by atoms with Gasteiger partial charge in [-0.05, 0) is 17.7 Å². The van der Waals surface area contributed by atoms with Crippen LogP contribution >= 0.6 is 0 Å². The van der Waals surface area contributed by atoms with Crippen molar-refractivity contribution < 1.29 is 17.9 Å². The van der Waals surface area contributed by atoms with E-state index in [0.29, 0.717) is 24.6 Å². The van der Waals surface area contributed by atoms with Crippen LogP contribution in [-0.4, -0.2) is 19.4 Å². The molecule has 0 fully saturated rings. The molecule has 1 atom stereocenters. The summed E-state index contributed by atoms with van der Waals surface area (Å²) >= 11 is 0. The number of ether oxygens (including phenoxy) is 1. The average molecular weight is 283 g/mol. The van der Waals surface area contributed by atoms with Crippen molar-refractivity contribution in [2.45, 2.75) is 12.3 Å². The first-order valence-corrected chi connectivity index (χ1v) is 6.12. The predicted molar refractivity (Wildman–Crippen MR) is 66.8 cm³/mol. The van der Waals surface area contributed by atoms with Gasteiger partial charge in [-0.15, -0.1) is 0 Å². The first-order chi connectivity index (χ1) is 9.54. The van der Waals surface area contributed by atoms with Crippen LogP contribution in [0.5, 0.6) is 0 Å². The number of nitrogens with one attached hydrogen (secondary N) is 2. The van der Waals surface area contributed by atoms with Crippen LogP contribution in [0.3, 0.4) is 0 Å². The molecule has 0 aliphatic carbocycles. The Morgan fingerprint density at radius 3 is 2.95 bits per heavy atom. The largest absolute Gasteiger partial charge is 0.476 e. The van der Waals surface area contributed by atoms with Crippen molar-refractivity contribution in [1.29, 1.82) is 0 Å². The fraction of sp³-hybridized carbons (Fsp3) is 0.308. The van der Waals surface area contributed by atoms with Crippen LogP contribution in [0.4, 0.5) is 13.2 Å². The van der Waals surface area contributed by atoms with E-state index < -0.39 is 17.9 Å². The van der Waals surface area contributed by atoms with Gasteiger partial charge in [-0.1, -0.05) is 12.1 Å². The molecule has 2 heterocycles. The fourth-order valence-electron chi connectivity index (χ4n) is 2.09. The molecule has 0 aromatic heterocycles. The SMILES string of the molecule is FC(F)(F)c1cccc(C2N=CC3=C(N2)OCCN3)c1. The second kappa shape index (κ2) is 4.73. The third-order valence-electron chi connectivity index (χ3n) is 3.06. The Bertz CT molecular complexity index is 580. The highest BCUT2D eigenvalue weighted by molar-refractivity contribution is 5.79. The molecule has 0 spiro atoms. The molecule has 1 unspecified atom stereocenters. The summed E-state index contributed by atoms with van der Waals surface area (Å²) in [5.74, 6) is 0.522. The van der Waals surface area contributed by atoms with Crippen LogP contribution in [0.2, 0.25) is 0 Å². The molecule has 1 aromatic rings. The van der Waals surface area contributed by atoms with E-state index in [1.807, 2.05) is 0 Å². The zero-order valence-electron chi connectivity index (χ0n) is 10.4. The zero-order chi connectivity index (χ0) is 14.2. The maximum absolute atomic E-state index is 12.7. The fourth-order valence-corrected chi connectivity index (χ4v) is 2.09. The third-order valence-corrected chi connectivity index (χ3v) is 3.06. The van der Waals surface area contributed by atoms with E-state index in [2.05, 4.69) is 15.6 Å². The van der Waals surface area contributed by atoms with Gasteiger partial charge >= 0.3 is 6.18 Å². The van der Waals surface area contributed by atoms with Crippen LogP contribution in [0, 0.1) is 0 Å². The number of rotatable bonds is 1. The van der Waals surface area contributed by atoms with E-state index in [1.54, 1.807) is 12.3 Å². The quantitative estimate of drug-likeness (QED) is 0.830. The Morgan fingerprint density at radius 2 is 2.15 bits per heavy atom. The Morgan fingerprint density at radius 1 is 1.30 bits per heavy atom. The lowest BCUT2D eigenvalue weighted by Crippen LogP contribution is -2.37. The molecular formula is C13H12F3N3O. The van der Waals surface area contributed by atoms with E-state index in [4.69, 9.17) is 4.74 Å². The second-order valence-electron chi connectivity index (χ2n) is 4.47. The van der Waals surface area contributed by atoms with Gasteiger partial charge in [0.1, 0.15) is 18.5 Å². The van der Waals surface area contributed by atoms with Crippen molar-refractivity contribution in [3.8, 4) is 0 Å². The van der Waals surface area contributed by atoms with Gasteiger partial charge in [-0.25, -0.2) is 0 Å². The smallest absolute Gasteiger partial charge is 0.416 e. The van der Waals surface area contributed by atoms with Crippen molar-refractivity contribution in [3.63, 3.8) is 0 Å². The van der Waals surface area contributed by atoms with E-state index in [0.717, 1.165) is 17.8 Å². The Hall–Kier alpha value is -2.18. The summed E-state index contributed by atoms with van der Waals surface area (Å²) in [5.41, 5.74) is 0.478. The maximum atomic E-state index is 12.7. The van der Waals surface area contributed by atoms with Gasteiger partial charge in [0.15, 0.2) is 0 Å². The molecule has 7 heteroatoms. The van der Waals surface area contributed by atoms with Crippen LogP contribution in [0.15, 0.2) is 40.8 Å². The average Bonchev–Trinajstić information content (AvgIpc) is 2.46. The van der Waals surface area contributed by atoms with Crippen LogP contribution < -0.4 is 10.6 Å². The van der Waals surface area contributed by atoms with Gasteiger partial charge in [0.2, 0.25) is 5.88 Å². The number of aliphatic imine (C=N–C) groups is 1. The van der Waals surface area contributed by atoms with Gasteiger partial charge in [0.25, 0.3) is 0 Å². The molecule has 4 nitrogen and oxygen atoms in total. The molecule has 1 aromatic carbocycles. The number of benzene rings is 1. The zero-order valence-corrected chi connectivity index (χ0v) is 10.4. The minimum absolute atomic E-state index is 0.441. The first kappa shape index (κ1) is 12.8. The van der Waals surface area contributed by atoms with Crippen molar-refractivity contribution in [3.05, 3.63) is 47.0 Å². The predicted octanol–water partition coefficient (Wildman–Crippen LogP) is 2.17. The highest BCUT2D eigenvalue weighted by Gasteiger charge is 2.31. The lowest BCUT2D eigenvalue weighted by Gasteiger charge is -2.28. The normalized spacial score (nSPS) is 21.6. The Labute approximate surface area is 113 Å². The molecule has 0 amide bonds. The Balaban J connectivity index is 1.85. The summed E-state index contributed by atoms with van der Waals surface area (Å²) in [6.07, 6.45) is -3.35. The molecule has 0 radical (unpaired) electrons. The van der Waals surface area contributed by atoms with Crippen LogP contribution in [-0.2, 0) is 10.9 Å². The molecule has 0 saturated heterocycles. The highest BCUT2D eigenvalue weighted by atomic mass is 19.4. The monoisotopic (exact) mass is 283 g/mol. The van der Waals surface area contributed by atoms with Crippen LogP contribution in [0.25, 0.3) is 0 Å². The third kappa shape index (κ3) is 2.43. The number of allylic oxidation sites excluding steroid dienone is 1. The van der Waals surface area contributed by atoms with Gasteiger partial charge in [-0.2, -0.15) is 13.2 Å². The van der Waals surface area contributed by atoms with Crippen molar-refractivity contribution in [1.82, 2.24) is 10.6 Å². The molecule has 2 N–H and O–H groups in total.